The van der Waals surface area contributed by atoms with Crippen LogP contribution < -0.4 is 5.32 Å². The van der Waals surface area contributed by atoms with E-state index < -0.39 is 10.0 Å². The van der Waals surface area contributed by atoms with E-state index in [0.717, 1.165) is 10.8 Å². The number of nitrogens with zero attached hydrogens (tertiary/aromatic N) is 3. The molecule has 0 aliphatic carbocycles. The van der Waals surface area contributed by atoms with Gasteiger partial charge in [0.15, 0.2) is 0 Å². The first-order valence-corrected chi connectivity index (χ1v) is 9.48. The molecule has 1 aliphatic rings. The average Bonchev–Trinajstić information content (AvgIpc) is 2.61. The van der Waals surface area contributed by atoms with Gasteiger partial charge in [0, 0.05) is 49.6 Å². The molecule has 0 spiro atoms. The first kappa shape index (κ1) is 16.7. The second-order valence-corrected chi connectivity index (χ2v) is 7.91. The normalized spacial score (nSPS) is 16.3. The highest BCUT2D eigenvalue weighted by Gasteiger charge is 2.27. The highest BCUT2D eigenvalue weighted by molar-refractivity contribution is 7.89. The van der Waals surface area contributed by atoms with Crippen LogP contribution in [-0.2, 0) is 10.0 Å². The lowest BCUT2D eigenvalue weighted by molar-refractivity contribution is 0.184. The number of hydrogen-bond donors (Lipinski definition) is 1. The molecule has 1 aromatic heterocycles. The molecule has 2 heterocycles. The van der Waals surface area contributed by atoms with E-state index >= 15 is 0 Å². The summed E-state index contributed by atoms with van der Waals surface area (Å²) in [4.78, 5) is 18.1. The minimum Gasteiger partial charge on any atom is -0.322 e. The fourth-order valence-electron chi connectivity index (χ4n) is 2.72. The number of hydrogen-bond acceptors (Lipinski definition) is 4. The maximum atomic E-state index is 12.4. The number of anilines is 1. The Balaban J connectivity index is 1.63. The summed E-state index contributed by atoms with van der Waals surface area (Å²) in [5.41, 5.74) is 0.710. The van der Waals surface area contributed by atoms with Crippen molar-refractivity contribution in [2.45, 2.75) is 6.92 Å². The highest BCUT2D eigenvalue weighted by atomic mass is 32.2. The first-order valence-electron chi connectivity index (χ1n) is 7.87. The minimum absolute atomic E-state index is 0.0884. The van der Waals surface area contributed by atoms with Crippen molar-refractivity contribution in [2.75, 3.05) is 37.2 Å². The van der Waals surface area contributed by atoms with Crippen LogP contribution >= 0.6 is 0 Å². The summed E-state index contributed by atoms with van der Waals surface area (Å²) < 4.78 is 25.1. The van der Waals surface area contributed by atoms with Crippen LogP contribution in [0.3, 0.4) is 0 Å². The molecule has 1 aliphatic heterocycles. The van der Waals surface area contributed by atoms with E-state index in [-0.39, 0.29) is 11.8 Å². The van der Waals surface area contributed by atoms with Gasteiger partial charge in [-0.25, -0.2) is 13.2 Å². The zero-order valence-electron chi connectivity index (χ0n) is 13.5. The summed E-state index contributed by atoms with van der Waals surface area (Å²) in [6.07, 6.45) is 3.48. The standard InChI is InChI=1S/C16H20N4O3S/c1-2-24(22,23)20-9-7-19(8-10-20)16(21)18-15-4-3-14-12-17-6-5-13(14)11-15/h3-6,11-12H,2,7-10H2,1H3,(H,18,21). The molecule has 0 bridgehead atoms. The van der Waals surface area contributed by atoms with Crippen molar-refractivity contribution in [3.8, 4) is 0 Å². The van der Waals surface area contributed by atoms with E-state index in [4.69, 9.17) is 0 Å². The summed E-state index contributed by atoms with van der Waals surface area (Å²) >= 11 is 0. The molecule has 2 amide bonds. The molecule has 0 atom stereocenters. The zero-order chi connectivity index (χ0) is 17.2. The second-order valence-electron chi connectivity index (χ2n) is 5.65. The van der Waals surface area contributed by atoms with Crippen molar-refractivity contribution in [2.24, 2.45) is 0 Å². The lowest BCUT2D eigenvalue weighted by Gasteiger charge is -2.33. The molecule has 1 aromatic carbocycles. The molecule has 128 valence electrons. The number of amides is 2. The molecular formula is C16H20N4O3S. The van der Waals surface area contributed by atoms with Crippen LogP contribution in [0.25, 0.3) is 10.8 Å². The third kappa shape index (κ3) is 3.49. The Kier molecular flexibility index (Phi) is 4.68. The molecule has 0 radical (unpaired) electrons. The van der Waals surface area contributed by atoms with E-state index in [1.807, 2.05) is 24.3 Å². The number of benzene rings is 1. The van der Waals surface area contributed by atoms with Gasteiger partial charge in [0.05, 0.1) is 5.75 Å². The van der Waals surface area contributed by atoms with E-state index in [1.54, 1.807) is 24.2 Å². The summed E-state index contributed by atoms with van der Waals surface area (Å²) in [5.74, 6) is 0.0884. The number of pyridine rings is 1. The molecule has 1 fully saturated rings. The Labute approximate surface area is 141 Å². The SMILES string of the molecule is CCS(=O)(=O)N1CCN(C(=O)Nc2ccc3cnccc3c2)CC1. The van der Waals surface area contributed by atoms with Crippen LogP contribution in [0.5, 0.6) is 0 Å². The average molecular weight is 348 g/mol. The van der Waals surface area contributed by atoms with Crippen molar-refractivity contribution in [1.82, 2.24) is 14.2 Å². The molecule has 2 aromatic rings. The van der Waals surface area contributed by atoms with E-state index in [9.17, 15) is 13.2 Å². The number of sulfonamides is 1. The van der Waals surface area contributed by atoms with Crippen LogP contribution in [0, 0.1) is 0 Å². The van der Waals surface area contributed by atoms with Gasteiger partial charge in [-0.2, -0.15) is 4.31 Å². The van der Waals surface area contributed by atoms with Crippen LogP contribution in [0.4, 0.5) is 10.5 Å². The topological polar surface area (TPSA) is 82.6 Å². The summed E-state index contributed by atoms with van der Waals surface area (Å²) in [6.45, 7) is 3.09. The van der Waals surface area contributed by atoms with Gasteiger partial charge < -0.3 is 10.2 Å². The molecule has 0 saturated carbocycles. The Morgan fingerprint density at radius 1 is 1.17 bits per heavy atom. The number of aromatic nitrogens is 1. The van der Waals surface area contributed by atoms with E-state index in [1.165, 1.54) is 4.31 Å². The zero-order valence-corrected chi connectivity index (χ0v) is 14.3. The third-order valence-electron chi connectivity index (χ3n) is 4.18. The van der Waals surface area contributed by atoms with Gasteiger partial charge in [0.2, 0.25) is 10.0 Å². The summed E-state index contributed by atoms with van der Waals surface area (Å²) in [6, 6.07) is 7.31. The maximum Gasteiger partial charge on any atom is 0.321 e. The van der Waals surface area contributed by atoms with Gasteiger partial charge in [-0.1, -0.05) is 6.07 Å². The predicted molar refractivity (Wildman–Crippen MR) is 93.4 cm³/mol. The molecule has 8 heteroatoms. The van der Waals surface area contributed by atoms with Crippen LogP contribution in [0.2, 0.25) is 0 Å². The quantitative estimate of drug-likeness (QED) is 0.916. The lowest BCUT2D eigenvalue weighted by Crippen LogP contribution is -2.51. The van der Waals surface area contributed by atoms with E-state index in [2.05, 4.69) is 10.3 Å². The van der Waals surface area contributed by atoms with Gasteiger partial charge in [-0.3, -0.25) is 4.98 Å². The number of carbonyl (C=O) groups is 1. The van der Waals surface area contributed by atoms with Gasteiger partial charge in [-0.05, 0) is 30.5 Å². The Morgan fingerprint density at radius 2 is 1.92 bits per heavy atom. The second kappa shape index (κ2) is 6.74. The molecule has 0 unspecified atom stereocenters. The number of urea groups is 1. The van der Waals surface area contributed by atoms with Gasteiger partial charge >= 0.3 is 6.03 Å². The number of nitrogens with one attached hydrogen (secondary N) is 1. The molecule has 24 heavy (non-hydrogen) atoms. The number of carbonyl (C=O) groups excluding carboxylic acids is 1. The Morgan fingerprint density at radius 3 is 2.62 bits per heavy atom. The maximum absolute atomic E-state index is 12.4. The minimum atomic E-state index is -3.18. The van der Waals surface area contributed by atoms with Crippen LogP contribution in [-0.4, -0.2) is 60.6 Å². The molecule has 1 N–H and O–H groups in total. The summed E-state index contributed by atoms with van der Waals surface area (Å²) in [5, 5.41) is 4.88. The fraction of sp³-hybridized carbons (Fsp3) is 0.375. The summed E-state index contributed by atoms with van der Waals surface area (Å²) in [7, 11) is -3.18. The Hall–Kier alpha value is -2.19. The smallest absolute Gasteiger partial charge is 0.321 e. The fourth-order valence-corrected chi connectivity index (χ4v) is 3.80. The van der Waals surface area contributed by atoms with Gasteiger partial charge in [-0.15, -0.1) is 0 Å². The Bertz CT molecular complexity index is 845. The predicted octanol–water partition coefficient (Wildman–Crippen LogP) is 1.73. The van der Waals surface area contributed by atoms with Gasteiger partial charge in [0.1, 0.15) is 0 Å². The molecule has 7 nitrogen and oxygen atoms in total. The molecule has 1 saturated heterocycles. The van der Waals surface area contributed by atoms with Crippen LogP contribution in [0.15, 0.2) is 36.7 Å². The van der Waals surface area contributed by atoms with Crippen molar-refractivity contribution in [3.05, 3.63) is 36.7 Å². The number of fused-ring (bicyclic) bond motifs is 1. The van der Waals surface area contributed by atoms with Gasteiger partial charge in [0.25, 0.3) is 0 Å². The van der Waals surface area contributed by atoms with Crippen molar-refractivity contribution in [3.63, 3.8) is 0 Å². The van der Waals surface area contributed by atoms with Crippen molar-refractivity contribution < 1.29 is 13.2 Å². The highest BCUT2D eigenvalue weighted by Crippen LogP contribution is 2.18. The van der Waals surface area contributed by atoms with Crippen LogP contribution in [0.1, 0.15) is 6.92 Å². The lowest BCUT2D eigenvalue weighted by atomic mass is 10.1. The van der Waals surface area contributed by atoms with Crippen molar-refractivity contribution >= 4 is 32.5 Å². The largest absolute Gasteiger partial charge is 0.322 e. The first-order chi connectivity index (χ1) is 11.5. The number of piperazine rings is 1. The molecule has 3 rings (SSSR count). The monoisotopic (exact) mass is 348 g/mol. The number of rotatable bonds is 3. The third-order valence-corrected chi connectivity index (χ3v) is 6.06. The van der Waals surface area contributed by atoms with E-state index in [0.29, 0.717) is 31.9 Å². The molecular weight excluding hydrogens is 328 g/mol. The van der Waals surface area contributed by atoms with Crippen molar-refractivity contribution in [1.29, 1.82) is 0 Å².